The molecule has 10 heteroatoms. The zero-order chi connectivity index (χ0) is 24.6. The SMILES string of the molecule is CC[C@H](c1nnnn1C(C)(C)CC)N(Cc1cc2cc3c(cc2[nH]c1=O)OCO3)C[C@H]1CCCO1. The Morgan fingerprint density at radius 1 is 1.23 bits per heavy atom. The summed E-state index contributed by atoms with van der Waals surface area (Å²) >= 11 is 0. The number of hydrogen-bond donors (Lipinski definition) is 1. The van der Waals surface area contributed by atoms with Gasteiger partial charge in [0.25, 0.3) is 5.56 Å². The van der Waals surface area contributed by atoms with Crippen molar-refractivity contribution in [1.82, 2.24) is 30.1 Å². The van der Waals surface area contributed by atoms with E-state index < -0.39 is 0 Å². The molecule has 1 fully saturated rings. The molecule has 0 spiro atoms. The van der Waals surface area contributed by atoms with E-state index >= 15 is 0 Å². The number of fused-ring (bicyclic) bond motifs is 2. The highest BCUT2D eigenvalue weighted by Crippen LogP contribution is 2.36. The molecule has 0 aliphatic carbocycles. The van der Waals surface area contributed by atoms with Crippen LogP contribution in [0.2, 0.25) is 0 Å². The van der Waals surface area contributed by atoms with Crippen LogP contribution in [0.15, 0.2) is 23.0 Å². The summed E-state index contributed by atoms with van der Waals surface area (Å²) in [4.78, 5) is 18.5. The van der Waals surface area contributed by atoms with Crippen molar-refractivity contribution in [3.05, 3.63) is 39.9 Å². The first-order valence-corrected chi connectivity index (χ1v) is 12.5. The Morgan fingerprint density at radius 3 is 2.74 bits per heavy atom. The first-order chi connectivity index (χ1) is 16.9. The summed E-state index contributed by atoms with van der Waals surface area (Å²) in [7, 11) is 0. The van der Waals surface area contributed by atoms with Crippen molar-refractivity contribution in [2.45, 2.75) is 77.6 Å². The van der Waals surface area contributed by atoms with E-state index in [1.165, 1.54) is 0 Å². The van der Waals surface area contributed by atoms with E-state index in [1.54, 1.807) is 0 Å². The maximum Gasteiger partial charge on any atom is 0.252 e. The molecule has 2 aliphatic rings. The van der Waals surface area contributed by atoms with Gasteiger partial charge in [-0.2, -0.15) is 0 Å². The van der Waals surface area contributed by atoms with E-state index in [-0.39, 0.29) is 30.0 Å². The van der Waals surface area contributed by atoms with Crippen molar-refractivity contribution in [3.63, 3.8) is 0 Å². The summed E-state index contributed by atoms with van der Waals surface area (Å²) in [5.74, 6) is 2.16. The quantitative estimate of drug-likeness (QED) is 0.494. The van der Waals surface area contributed by atoms with Gasteiger partial charge in [0.05, 0.1) is 23.2 Å². The fourth-order valence-electron chi connectivity index (χ4n) is 4.92. The third-order valence-electron chi connectivity index (χ3n) is 7.31. The molecule has 1 saturated heterocycles. The summed E-state index contributed by atoms with van der Waals surface area (Å²) < 4.78 is 18.9. The fourth-order valence-corrected chi connectivity index (χ4v) is 4.92. The van der Waals surface area contributed by atoms with Gasteiger partial charge >= 0.3 is 0 Å². The second-order valence-corrected chi connectivity index (χ2v) is 10.0. The molecule has 10 nitrogen and oxygen atoms in total. The van der Waals surface area contributed by atoms with Crippen LogP contribution in [-0.2, 0) is 16.8 Å². The predicted octanol–water partition coefficient (Wildman–Crippen LogP) is 3.52. The molecule has 4 heterocycles. The van der Waals surface area contributed by atoms with E-state index in [9.17, 15) is 4.79 Å². The molecule has 3 aromatic rings. The number of ether oxygens (including phenoxy) is 3. The number of nitrogens with zero attached hydrogens (tertiary/aromatic N) is 5. The summed E-state index contributed by atoms with van der Waals surface area (Å²) in [6.45, 7) is 10.7. The van der Waals surface area contributed by atoms with Gasteiger partial charge in [0.15, 0.2) is 17.3 Å². The maximum absolute atomic E-state index is 13.1. The number of benzene rings is 1. The molecule has 0 amide bonds. The monoisotopic (exact) mass is 482 g/mol. The Labute approximate surface area is 204 Å². The molecule has 2 atom stereocenters. The molecule has 0 saturated carbocycles. The van der Waals surface area contributed by atoms with Gasteiger partial charge in [-0.3, -0.25) is 9.69 Å². The van der Waals surface area contributed by atoms with Crippen LogP contribution < -0.4 is 15.0 Å². The van der Waals surface area contributed by atoms with Gasteiger partial charge in [-0.1, -0.05) is 13.8 Å². The summed E-state index contributed by atoms with van der Waals surface area (Å²) in [6.07, 6.45) is 3.89. The van der Waals surface area contributed by atoms with Gasteiger partial charge in [0, 0.05) is 36.7 Å². The van der Waals surface area contributed by atoms with E-state index in [0.29, 0.717) is 30.2 Å². The lowest BCUT2D eigenvalue weighted by molar-refractivity contribution is 0.0475. The van der Waals surface area contributed by atoms with Crippen LogP contribution in [0.5, 0.6) is 11.5 Å². The van der Waals surface area contributed by atoms with Crippen LogP contribution in [-0.4, -0.2) is 56.1 Å². The van der Waals surface area contributed by atoms with E-state index in [1.807, 2.05) is 22.9 Å². The summed E-state index contributed by atoms with van der Waals surface area (Å²) in [6, 6.07) is 5.63. The van der Waals surface area contributed by atoms with Crippen LogP contribution in [0, 0.1) is 0 Å². The van der Waals surface area contributed by atoms with Crippen molar-refractivity contribution in [1.29, 1.82) is 0 Å². The molecule has 2 aliphatic heterocycles. The number of pyridine rings is 1. The molecule has 188 valence electrons. The highest BCUT2D eigenvalue weighted by molar-refractivity contribution is 5.83. The van der Waals surface area contributed by atoms with Crippen LogP contribution in [0.4, 0.5) is 0 Å². The second kappa shape index (κ2) is 9.58. The number of tetrazole rings is 1. The minimum absolute atomic E-state index is 0.0631. The number of H-pyrrole nitrogens is 1. The van der Waals surface area contributed by atoms with Crippen molar-refractivity contribution in [3.8, 4) is 11.5 Å². The highest BCUT2D eigenvalue weighted by Gasteiger charge is 2.33. The molecule has 0 radical (unpaired) electrons. The Bertz CT molecular complexity index is 1250. The third-order valence-corrected chi connectivity index (χ3v) is 7.31. The number of aromatic nitrogens is 5. The van der Waals surface area contributed by atoms with Gasteiger partial charge < -0.3 is 19.2 Å². The summed E-state index contributed by atoms with van der Waals surface area (Å²) in [5, 5.41) is 13.7. The second-order valence-electron chi connectivity index (χ2n) is 10.0. The molecule has 0 unspecified atom stereocenters. The van der Waals surface area contributed by atoms with Gasteiger partial charge in [0.1, 0.15) is 0 Å². The third kappa shape index (κ3) is 4.64. The van der Waals surface area contributed by atoms with Crippen LogP contribution in [0.25, 0.3) is 10.9 Å². The molecule has 2 aromatic heterocycles. The minimum atomic E-state index is -0.218. The first kappa shape index (κ1) is 23.7. The minimum Gasteiger partial charge on any atom is -0.454 e. The van der Waals surface area contributed by atoms with E-state index in [0.717, 1.165) is 49.0 Å². The Hall–Kier alpha value is -2.98. The molecule has 1 N–H and O–H groups in total. The molecule has 1 aromatic carbocycles. The fraction of sp³-hybridized carbons (Fsp3) is 0.600. The Morgan fingerprint density at radius 2 is 2.03 bits per heavy atom. The smallest absolute Gasteiger partial charge is 0.252 e. The number of nitrogens with one attached hydrogen (secondary N) is 1. The lowest BCUT2D eigenvalue weighted by atomic mass is 10.0. The predicted molar refractivity (Wildman–Crippen MR) is 131 cm³/mol. The molecular weight excluding hydrogens is 448 g/mol. The average Bonchev–Trinajstić information content (AvgIpc) is 3.61. The van der Waals surface area contributed by atoms with Gasteiger partial charge in [-0.05, 0) is 62.1 Å². The molecule has 35 heavy (non-hydrogen) atoms. The lowest BCUT2D eigenvalue weighted by Crippen LogP contribution is -2.39. The molecule has 5 rings (SSSR count). The van der Waals surface area contributed by atoms with E-state index in [2.05, 4.69) is 53.1 Å². The van der Waals surface area contributed by atoms with Crippen molar-refractivity contribution >= 4 is 10.9 Å². The Kier molecular flexibility index (Phi) is 6.50. The van der Waals surface area contributed by atoms with Crippen LogP contribution in [0.1, 0.15) is 70.8 Å². The standard InChI is InChI=1S/C25H34N6O4/c1-5-20(23-27-28-29-31(23)25(3,4)6-2)30(14-18-8-7-9-33-18)13-17-10-16-11-21-22(35-15-34-21)12-19(16)26-24(17)32/h10-12,18,20H,5-9,13-15H2,1-4H3,(H,26,32)/t18-,20-/m1/s1. The highest BCUT2D eigenvalue weighted by atomic mass is 16.7. The first-order valence-electron chi connectivity index (χ1n) is 12.5. The average molecular weight is 483 g/mol. The topological polar surface area (TPSA) is 107 Å². The van der Waals surface area contributed by atoms with Crippen LogP contribution in [0.3, 0.4) is 0 Å². The molecular formula is C25H34N6O4. The number of hydrogen-bond acceptors (Lipinski definition) is 8. The van der Waals surface area contributed by atoms with Gasteiger partial charge in [0.2, 0.25) is 6.79 Å². The number of aromatic amines is 1. The largest absolute Gasteiger partial charge is 0.454 e. The Balaban J connectivity index is 1.51. The van der Waals surface area contributed by atoms with Crippen molar-refractivity contribution in [2.75, 3.05) is 19.9 Å². The zero-order valence-corrected chi connectivity index (χ0v) is 20.9. The summed E-state index contributed by atoms with van der Waals surface area (Å²) in [5.41, 5.74) is 1.08. The van der Waals surface area contributed by atoms with E-state index in [4.69, 9.17) is 14.2 Å². The zero-order valence-electron chi connectivity index (χ0n) is 20.9. The maximum atomic E-state index is 13.1. The van der Waals surface area contributed by atoms with Crippen LogP contribution >= 0.6 is 0 Å². The lowest BCUT2D eigenvalue weighted by Gasteiger charge is -2.34. The van der Waals surface area contributed by atoms with Gasteiger partial charge in [-0.15, -0.1) is 5.10 Å². The number of rotatable bonds is 9. The van der Waals surface area contributed by atoms with Crippen molar-refractivity contribution in [2.24, 2.45) is 0 Å². The normalized spacial score (nSPS) is 18.6. The molecule has 0 bridgehead atoms. The van der Waals surface area contributed by atoms with Crippen molar-refractivity contribution < 1.29 is 14.2 Å². The van der Waals surface area contributed by atoms with Gasteiger partial charge in [-0.25, -0.2) is 4.68 Å².